The highest BCUT2D eigenvalue weighted by Crippen LogP contribution is 2.35. The molecule has 2 saturated heterocycles. The van der Waals surface area contributed by atoms with E-state index < -0.39 is 0 Å². The fourth-order valence-corrected chi connectivity index (χ4v) is 4.30. The molecule has 3 N–H and O–H groups in total. The molecular weight excluding hydrogens is 262 g/mol. The molecule has 3 heterocycles. The lowest BCUT2D eigenvalue weighted by Gasteiger charge is -2.24. The second-order valence-electron chi connectivity index (χ2n) is 6.86. The first-order valence-corrected chi connectivity index (χ1v) is 8.42. The number of nitrogens with two attached hydrogens (primary N) is 1. The average molecular weight is 287 g/mol. The van der Waals surface area contributed by atoms with Gasteiger partial charge in [-0.25, -0.2) is 4.98 Å². The zero-order valence-corrected chi connectivity index (χ0v) is 12.6. The van der Waals surface area contributed by atoms with Crippen LogP contribution in [0.4, 0.5) is 11.8 Å². The number of piperidine rings is 1. The van der Waals surface area contributed by atoms with Crippen molar-refractivity contribution >= 4 is 11.8 Å². The van der Waals surface area contributed by atoms with Crippen molar-refractivity contribution in [2.45, 2.75) is 50.5 Å². The first-order valence-electron chi connectivity index (χ1n) is 8.42. The zero-order valence-electron chi connectivity index (χ0n) is 12.6. The molecule has 0 spiro atoms. The largest absolute Gasteiger partial charge is 0.368 e. The summed E-state index contributed by atoms with van der Waals surface area (Å²) >= 11 is 0. The van der Waals surface area contributed by atoms with Gasteiger partial charge in [0, 0.05) is 31.1 Å². The Morgan fingerprint density at radius 3 is 2.76 bits per heavy atom. The Balaban J connectivity index is 1.57. The summed E-state index contributed by atoms with van der Waals surface area (Å²) in [5.74, 6) is 2.85. The van der Waals surface area contributed by atoms with Crippen LogP contribution in [0, 0.1) is 5.92 Å². The number of hydrogen-bond donors (Lipinski definition) is 2. The third-order valence-corrected chi connectivity index (χ3v) is 5.45. The van der Waals surface area contributed by atoms with Crippen LogP contribution in [0.1, 0.15) is 50.1 Å². The molecule has 1 aromatic heterocycles. The highest BCUT2D eigenvalue weighted by atomic mass is 15.3. The van der Waals surface area contributed by atoms with Crippen molar-refractivity contribution in [3.63, 3.8) is 0 Å². The molecule has 3 fully saturated rings. The molecule has 3 aliphatic rings. The summed E-state index contributed by atoms with van der Waals surface area (Å²) in [6, 6.07) is 2.83. The lowest BCUT2D eigenvalue weighted by atomic mass is 9.94. The van der Waals surface area contributed by atoms with Crippen molar-refractivity contribution in [3.05, 3.63) is 11.8 Å². The van der Waals surface area contributed by atoms with Crippen LogP contribution in [0.2, 0.25) is 0 Å². The van der Waals surface area contributed by atoms with Crippen molar-refractivity contribution in [2.75, 3.05) is 30.3 Å². The molecule has 4 rings (SSSR count). The molecule has 0 unspecified atom stereocenters. The van der Waals surface area contributed by atoms with Gasteiger partial charge >= 0.3 is 0 Å². The minimum absolute atomic E-state index is 0.442. The maximum absolute atomic E-state index is 5.98. The average Bonchev–Trinajstić information content (AvgIpc) is 3.16. The molecule has 1 aliphatic carbocycles. The first kappa shape index (κ1) is 13.3. The fourth-order valence-electron chi connectivity index (χ4n) is 4.30. The van der Waals surface area contributed by atoms with E-state index in [0.29, 0.717) is 17.9 Å². The quantitative estimate of drug-likeness (QED) is 0.869. The van der Waals surface area contributed by atoms with Gasteiger partial charge in [0.15, 0.2) is 0 Å². The van der Waals surface area contributed by atoms with Crippen LogP contribution >= 0.6 is 0 Å². The molecule has 1 saturated carbocycles. The third kappa shape index (κ3) is 2.59. The van der Waals surface area contributed by atoms with Gasteiger partial charge in [0.05, 0.1) is 5.69 Å². The van der Waals surface area contributed by atoms with E-state index in [-0.39, 0.29) is 0 Å². The molecule has 2 aliphatic heterocycles. The number of anilines is 2. The number of rotatable bonds is 2. The Bertz CT molecular complexity index is 497. The standard InChI is InChI=1S/C16H25N5/c17-16-19-13(11-4-1-2-5-11)8-15(20-16)21-9-12-6-3-7-18-14(12)10-21/h8,11-12,14,18H,1-7,9-10H2,(H2,17,19,20)/t12-,14+/m0/s1. The molecular formula is C16H25N5. The van der Waals surface area contributed by atoms with Crippen LogP contribution in [0.25, 0.3) is 0 Å². The molecule has 5 heteroatoms. The number of aromatic nitrogens is 2. The Labute approximate surface area is 126 Å². The maximum Gasteiger partial charge on any atom is 0.222 e. The Morgan fingerprint density at radius 2 is 1.95 bits per heavy atom. The van der Waals surface area contributed by atoms with Crippen molar-refractivity contribution in [1.29, 1.82) is 0 Å². The van der Waals surface area contributed by atoms with Gasteiger partial charge in [-0.3, -0.25) is 0 Å². The summed E-state index contributed by atoms with van der Waals surface area (Å²) in [5, 5.41) is 3.65. The summed E-state index contributed by atoms with van der Waals surface area (Å²) < 4.78 is 0. The van der Waals surface area contributed by atoms with E-state index in [1.54, 1.807) is 0 Å². The van der Waals surface area contributed by atoms with Crippen LogP contribution in [0.3, 0.4) is 0 Å². The molecule has 2 atom stereocenters. The molecule has 0 bridgehead atoms. The number of nitrogens with one attached hydrogen (secondary N) is 1. The van der Waals surface area contributed by atoms with E-state index in [1.807, 2.05) is 0 Å². The lowest BCUT2D eigenvalue weighted by Crippen LogP contribution is -2.40. The molecule has 0 aromatic carbocycles. The number of nitrogens with zero attached hydrogens (tertiary/aromatic N) is 3. The van der Waals surface area contributed by atoms with Crippen molar-refractivity contribution in [2.24, 2.45) is 5.92 Å². The molecule has 0 amide bonds. The van der Waals surface area contributed by atoms with Crippen LogP contribution in [0.5, 0.6) is 0 Å². The SMILES string of the molecule is Nc1nc(C2CCCC2)cc(N2C[C@@H]3CCCN[C@@H]3C2)n1. The minimum Gasteiger partial charge on any atom is -0.368 e. The van der Waals surface area contributed by atoms with Gasteiger partial charge in [-0.05, 0) is 38.1 Å². The second kappa shape index (κ2) is 5.44. The highest BCUT2D eigenvalue weighted by molar-refractivity contribution is 5.46. The summed E-state index contributed by atoms with van der Waals surface area (Å²) in [4.78, 5) is 11.4. The molecule has 5 nitrogen and oxygen atoms in total. The molecule has 1 aromatic rings. The first-order chi connectivity index (χ1) is 10.3. The fraction of sp³-hybridized carbons (Fsp3) is 0.750. The molecule has 114 valence electrons. The summed E-state index contributed by atoms with van der Waals surface area (Å²) in [5.41, 5.74) is 7.14. The van der Waals surface area contributed by atoms with E-state index in [0.717, 1.165) is 37.1 Å². The van der Waals surface area contributed by atoms with Gasteiger partial charge in [-0.2, -0.15) is 4.98 Å². The van der Waals surface area contributed by atoms with Gasteiger partial charge in [0.1, 0.15) is 5.82 Å². The van der Waals surface area contributed by atoms with Gasteiger partial charge in [-0.15, -0.1) is 0 Å². The molecule has 21 heavy (non-hydrogen) atoms. The lowest BCUT2D eigenvalue weighted by molar-refractivity contribution is 0.340. The highest BCUT2D eigenvalue weighted by Gasteiger charge is 2.35. The maximum atomic E-state index is 5.98. The Hall–Kier alpha value is -1.36. The van der Waals surface area contributed by atoms with Crippen LogP contribution in [0.15, 0.2) is 6.07 Å². The van der Waals surface area contributed by atoms with Crippen LogP contribution in [-0.4, -0.2) is 35.6 Å². The van der Waals surface area contributed by atoms with Crippen molar-refractivity contribution in [1.82, 2.24) is 15.3 Å². The van der Waals surface area contributed by atoms with Gasteiger partial charge in [0.25, 0.3) is 0 Å². The summed E-state index contributed by atoms with van der Waals surface area (Å²) in [6.07, 6.45) is 7.78. The number of nitrogen functional groups attached to an aromatic ring is 1. The van der Waals surface area contributed by atoms with E-state index >= 15 is 0 Å². The molecule has 0 radical (unpaired) electrons. The van der Waals surface area contributed by atoms with E-state index in [2.05, 4.69) is 26.3 Å². The topological polar surface area (TPSA) is 67.1 Å². The summed E-state index contributed by atoms with van der Waals surface area (Å²) in [6.45, 7) is 3.33. The van der Waals surface area contributed by atoms with Crippen LogP contribution < -0.4 is 16.0 Å². The van der Waals surface area contributed by atoms with Crippen LogP contribution in [-0.2, 0) is 0 Å². The number of fused-ring (bicyclic) bond motifs is 1. The smallest absolute Gasteiger partial charge is 0.222 e. The predicted octanol–water partition coefficient (Wildman–Crippen LogP) is 1.90. The van der Waals surface area contributed by atoms with Crippen molar-refractivity contribution < 1.29 is 0 Å². The Kier molecular flexibility index (Phi) is 3.45. The summed E-state index contributed by atoms with van der Waals surface area (Å²) in [7, 11) is 0. The zero-order chi connectivity index (χ0) is 14.2. The third-order valence-electron chi connectivity index (χ3n) is 5.45. The Morgan fingerprint density at radius 1 is 1.10 bits per heavy atom. The van der Waals surface area contributed by atoms with E-state index in [4.69, 9.17) is 5.73 Å². The van der Waals surface area contributed by atoms with Crippen molar-refractivity contribution in [3.8, 4) is 0 Å². The van der Waals surface area contributed by atoms with Gasteiger partial charge in [0.2, 0.25) is 5.95 Å². The van der Waals surface area contributed by atoms with E-state index in [9.17, 15) is 0 Å². The van der Waals surface area contributed by atoms with E-state index in [1.165, 1.54) is 38.5 Å². The minimum atomic E-state index is 0.442. The second-order valence-corrected chi connectivity index (χ2v) is 6.86. The monoisotopic (exact) mass is 287 g/mol. The van der Waals surface area contributed by atoms with Gasteiger partial charge in [-0.1, -0.05) is 12.8 Å². The predicted molar refractivity (Wildman–Crippen MR) is 84.4 cm³/mol. The van der Waals surface area contributed by atoms with Gasteiger partial charge < -0.3 is 16.0 Å². The number of hydrogen-bond acceptors (Lipinski definition) is 5. The normalized spacial score (nSPS) is 29.8.